The highest BCUT2D eigenvalue weighted by Gasteiger charge is 1.99. The molecule has 0 aliphatic carbocycles. The Bertz CT molecular complexity index is 678. The first-order valence-electron chi connectivity index (χ1n) is 5.64. The van der Waals surface area contributed by atoms with Gasteiger partial charge in [-0.15, -0.1) is 11.3 Å². The summed E-state index contributed by atoms with van der Waals surface area (Å²) in [5.41, 5.74) is 2.15. The molecule has 0 saturated carbocycles. The van der Waals surface area contributed by atoms with Crippen molar-refractivity contribution < 1.29 is 0 Å². The molecule has 2 nitrogen and oxygen atoms in total. The summed E-state index contributed by atoms with van der Waals surface area (Å²) < 4.78 is 1.17. The second kappa shape index (κ2) is 5.08. The molecule has 4 heteroatoms. The van der Waals surface area contributed by atoms with Crippen molar-refractivity contribution in [2.24, 2.45) is 0 Å². The Balaban J connectivity index is 1.78. The monoisotopic (exact) mass is 318 g/mol. The fourth-order valence-electron chi connectivity index (χ4n) is 1.82. The van der Waals surface area contributed by atoms with Crippen LogP contribution in [0.1, 0.15) is 4.88 Å². The highest BCUT2D eigenvalue weighted by atomic mass is 79.9. The molecular formula is C14H11BrN2S. The molecule has 3 rings (SSSR count). The van der Waals surface area contributed by atoms with Crippen LogP contribution in [0.5, 0.6) is 0 Å². The average molecular weight is 319 g/mol. The second-order valence-electron chi connectivity index (χ2n) is 3.97. The van der Waals surface area contributed by atoms with Crippen LogP contribution < -0.4 is 5.32 Å². The summed E-state index contributed by atoms with van der Waals surface area (Å²) in [6.45, 7) is 0.849. The summed E-state index contributed by atoms with van der Waals surface area (Å²) >= 11 is 5.23. The third kappa shape index (κ3) is 2.54. The van der Waals surface area contributed by atoms with Crippen molar-refractivity contribution in [2.75, 3.05) is 5.32 Å². The molecule has 1 aromatic carbocycles. The number of rotatable bonds is 3. The van der Waals surface area contributed by atoms with Crippen LogP contribution in [0.15, 0.2) is 52.4 Å². The normalized spacial score (nSPS) is 10.7. The maximum absolute atomic E-state index is 4.31. The zero-order valence-electron chi connectivity index (χ0n) is 9.56. The van der Waals surface area contributed by atoms with Crippen molar-refractivity contribution >= 4 is 43.9 Å². The summed E-state index contributed by atoms with van der Waals surface area (Å²) in [6, 6.07) is 14.5. The van der Waals surface area contributed by atoms with Gasteiger partial charge < -0.3 is 5.32 Å². The van der Waals surface area contributed by atoms with Crippen molar-refractivity contribution in [3.63, 3.8) is 0 Å². The fraction of sp³-hybridized carbons (Fsp3) is 0.0714. The lowest BCUT2D eigenvalue weighted by molar-refractivity contribution is 1.19. The van der Waals surface area contributed by atoms with Gasteiger partial charge in [0.05, 0.1) is 9.30 Å². The Hall–Kier alpha value is -1.39. The van der Waals surface area contributed by atoms with Crippen LogP contribution >= 0.6 is 27.3 Å². The number of aromatic nitrogens is 1. The molecule has 0 spiro atoms. The fourth-order valence-corrected chi connectivity index (χ4v) is 3.24. The Morgan fingerprint density at radius 2 is 2.11 bits per heavy atom. The van der Waals surface area contributed by atoms with Crippen LogP contribution in [0.3, 0.4) is 0 Å². The van der Waals surface area contributed by atoms with E-state index in [0.29, 0.717) is 0 Å². The smallest absolute Gasteiger partial charge is 0.0703 e. The lowest BCUT2D eigenvalue weighted by Gasteiger charge is -2.05. The summed E-state index contributed by atoms with van der Waals surface area (Å²) in [5, 5.41) is 4.59. The van der Waals surface area contributed by atoms with Gasteiger partial charge in [-0.05, 0) is 52.3 Å². The summed E-state index contributed by atoms with van der Waals surface area (Å²) in [7, 11) is 0. The van der Waals surface area contributed by atoms with Crippen molar-refractivity contribution in [1.29, 1.82) is 0 Å². The van der Waals surface area contributed by atoms with Gasteiger partial charge in [-0.3, -0.25) is 4.98 Å². The van der Waals surface area contributed by atoms with E-state index >= 15 is 0 Å². The van der Waals surface area contributed by atoms with Gasteiger partial charge in [0.1, 0.15) is 0 Å². The second-order valence-corrected chi connectivity index (χ2v) is 6.52. The lowest BCUT2D eigenvalue weighted by atomic mass is 10.2. The van der Waals surface area contributed by atoms with Gasteiger partial charge in [-0.25, -0.2) is 0 Å². The minimum absolute atomic E-state index is 0.849. The maximum Gasteiger partial charge on any atom is 0.0703 e. The number of hydrogen-bond acceptors (Lipinski definition) is 3. The quantitative estimate of drug-likeness (QED) is 0.759. The predicted octanol–water partition coefficient (Wildman–Crippen LogP) is 4.67. The van der Waals surface area contributed by atoms with Crippen LogP contribution in [-0.2, 0) is 6.54 Å². The number of anilines is 1. The number of nitrogens with zero attached hydrogens (tertiary/aromatic N) is 1. The van der Waals surface area contributed by atoms with Crippen molar-refractivity contribution in [3.05, 3.63) is 57.3 Å². The number of benzene rings is 1. The Kier molecular flexibility index (Phi) is 3.30. The molecule has 0 aliphatic heterocycles. The first-order chi connectivity index (χ1) is 8.81. The summed E-state index contributed by atoms with van der Waals surface area (Å²) in [5.74, 6) is 0. The zero-order chi connectivity index (χ0) is 12.4. The van der Waals surface area contributed by atoms with Gasteiger partial charge in [0.15, 0.2) is 0 Å². The number of fused-ring (bicyclic) bond motifs is 1. The number of pyridine rings is 1. The zero-order valence-corrected chi connectivity index (χ0v) is 12.0. The van der Waals surface area contributed by atoms with Crippen LogP contribution in [0.4, 0.5) is 5.69 Å². The SMILES string of the molecule is Brc1ccc(CNc2ccc3ncccc3c2)s1. The molecular weight excluding hydrogens is 308 g/mol. The highest BCUT2D eigenvalue weighted by Crippen LogP contribution is 2.23. The van der Waals surface area contributed by atoms with Gasteiger partial charge in [0.25, 0.3) is 0 Å². The Morgan fingerprint density at radius 1 is 1.17 bits per heavy atom. The molecule has 0 amide bonds. The summed E-state index contributed by atoms with van der Waals surface area (Å²) in [4.78, 5) is 5.63. The van der Waals surface area contributed by atoms with E-state index in [2.05, 4.69) is 56.6 Å². The van der Waals surface area contributed by atoms with E-state index in [9.17, 15) is 0 Å². The number of hydrogen-bond donors (Lipinski definition) is 1. The first kappa shape index (κ1) is 11.7. The molecule has 90 valence electrons. The van der Waals surface area contributed by atoms with Crippen molar-refractivity contribution in [2.45, 2.75) is 6.54 Å². The average Bonchev–Trinajstić information content (AvgIpc) is 2.82. The van der Waals surface area contributed by atoms with Crippen LogP contribution in [0.2, 0.25) is 0 Å². The molecule has 2 aromatic heterocycles. The van der Waals surface area contributed by atoms with Crippen LogP contribution in [0.25, 0.3) is 10.9 Å². The Morgan fingerprint density at radius 3 is 2.94 bits per heavy atom. The third-order valence-corrected chi connectivity index (χ3v) is 4.32. The number of nitrogens with one attached hydrogen (secondary N) is 1. The minimum Gasteiger partial charge on any atom is -0.380 e. The van der Waals surface area contributed by atoms with E-state index in [1.807, 2.05) is 18.3 Å². The minimum atomic E-state index is 0.849. The van der Waals surface area contributed by atoms with E-state index in [1.54, 1.807) is 11.3 Å². The molecule has 3 aromatic rings. The van der Waals surface area contributed by atoms with Gasteiger partial charge in [0.2, 0.25) is 0 Å². The highest BCUT2D eigenvalue weighted by molar-refractivity contribution is 9.11. The van der Waals surface area contributed by atoms with Crippen molar-refractivity contribution in [1.82, 2.24) is 4.98 Å². The van der Waals surface area contributed by atoms with Crippen LogP contribution in [0, 0.1) is 0 Å². The van der Waals surface area contributed by atoms with Gasteiger partial charge in [-0.2, -0.15) is 0 Å². The van der Waals surface area contributed by atoms with E-state index in [-0.39, 0.29) is 0 Å². The van der Waals surface area contributed by atoms with Crippen LogP contribution in [-0.4, -0.2) is 4.98 Å². The largest absolute Gasteiger partial charge is 0.380 e. The molecule has 0 radical (unpaired) electrons. The molecule has 1 N–H and O–H groups in total. The van der Waals surface area contributed by atoms with E-state index in [4.69, 9.17) is 0 Å². The predicted molar refractivity (Wildman–Crippen MR) is 81.1 cm³/mol. The van der Waals surface area contributed by atoms with E-state index in [0.717, 1.165) is 23.1 Å². The molecule has 0 aliphatic rings. The van der Waals surface area contributed by atoms with Gasteiger partial charge in [0, 0.05) is 28.7 Å². The van der Waals surface area contributed by atoms with Gasteiger partial charge >= 0.3 is 0 Å². The molecule has 0 fully saturated rings. The van der Waals surface area contributed by atoms with E-state index < -0.39 is 0 Å². The molecule has 0 unspecified atom stereocenters. The maximum atomic E-state index is 4.31. The Labute approximate surface area is 118 Å². The standard InChI is InChI=1S/C14H11BrN2S/c15-14-6-4-12(18-14)9-17-11-3-5-13-10(8-11)2-1-7-16-13/h1-8,17H,9H2. The number of thiophene rings is 1. The van der Waals surface area contributed by atoms with Crippen molar-refractivity contribution in [3.8, 4) is 0 Å². The molecule has 0 bridgehead atoms. The molecule has 0 atom stereocenters. The van der Waals surface area contributed by atoms with E-state index in [1.165, 1.54) is 8.66 Å². The molecule has 18 heavy (non-hydrogen) atoms. The third-order valence-electron chi connectivity index (χ3n) is 2.70. The first-order valence-corrected chi connectivity index (χ1v) is 7.25. The van der Waals surface area contributed by atoms with Gasteiger partial charge in [-0.1, -0.05) is 6.07 Å². The summed E-state index contributed by atoms with van der Waals surface area (Å²) in [6.07, 6.45) is 1.82. The lowest BCUT2D eigenvalue weighted by Crippen LogP contribution is -1.97. The number of halogens is 1. The molecule has 2 heterocycles. The molecule has 0 saturated heterocycles. The topological polar surface area (TPSA) is 24.9 Å².